The van der Waals surface area contributed by atoms with Gasteiger partial charge in [-0.1, -0.05) is 49.8 Å². The Kier molecular flexibility index (Phi) is 8.89. The number of allylic oxidation sites excluding steroid dienone is 3. The number of ether oxygens (including phenoxy) is 3. The molecule has 1 aliphatic heterocycles. The van der Waals surface area contributed by atoms with Crippen molar-refractivity contribution < 1.29 is 19.0 Å². The van der Waals surface area contributed by atoms with Crippen LogP contribution in [0.2, 0.25) is 0 Å². The fourth-order valence-electron chi connectivity index (χ4n) is 9.47. The zero-order valence-electron chi connectivity index (χ0n) is 24.3. The molecule has 0 N–H and O–H groups in total. The van der Waals surface area contributed by atoms with Crippen LogP contribution < -0.4 is 0 Å². The van der Waals surface area contributed by atoms with Gasteiger partial charge in [0.1, 0.15) is 6.61 Å². The highest BCUT2D eigenvalue weighted by molar-refractivity contribution is 5.69. The predicted molar refractivity (Wildman–Crippen MR) is 152 cm³/mol. The van der Waals surface area contributed by atoms with Crippen molar-refractivity contribution in [3.8, 4) is 0 Å². The first-order valence-electron chi connectivity index (χ1n) is 15.7. The molecule has 4 fully saturated rings. The standard InChI is InChI=1S/C34H52O4/c1-5-21-36-31(35)11-7-6-10-24(2)28-15-16-29-27-14-13-25-23-26(38-32-12-8-9-22-37-32)17-19-33(25,3)30(27)18-20-34(28,29)4/h5,10,13,26-30,32H,1,6-9,11-12,14-23H2,2-4H3/b24-10+/t26-,27?,28+,29?,30?,32?,33-,34+/m0/s1. The Bertz CT molecular complexity index is 913. The molecule has 5 aliphatic rings. The molecule has 0 radical (unpaired) electrons. The molecular formula is C34H52O4. The summed E-state index contributed by atoms with van der Waals surface area (Å²) >= 11 is 0. The minimum Gasteiger partial charge on any atom is -0.461 e. The maximum Gasteiger partial charge on any atom is 0.306 e. The smallest absolute Gasteiger partial charge is 0.306 e. The summed E-state index contributed by atoms with van der Waals surface area (Å²) in [5.74, 6) is 3.08. The molecule has 1 saturated heterocycles. The maximum absolute atomic E-state index is 11.8. The van der Waals surface area contributed by atoms with E-state index in [4.69, 9.17) is 14.2 Å². The number of carbonyl (C=O) groups is 1. The van der Waals surface area contributed by atoms with E-state index in [-0.39, 0.29) is 12.3 Å². The maximum atomic E-state index is 11.8. The van der Waals surface area contributed by atoms with E-state index in [1.165, 1.54) is 57.8 Å². The molecule has 0 aromatic rings. The highest BCUT2D eigenvalue weighted by Gasteiger charge is 2.58. The lowest BCUT2D eigenvalue weighted by Crippen LogP contribution is -2.50. The zero-order chi connectivity index (χ0) is 26.8. The summed E-state index contributed by atoms with van der Waals surface area (Å²) in [5.41, 5.74) is 4.05. The van der Waals surface area contributed by atoms with Crippen LogP contribution >= 0.6 is 0 Å². The second-order valence-electron chi connectivity index (χ2n) is 13.5. The number of esters is 1. The molecule has 0 spiro atoms. The molecule has 4 unspecified atom stereocenters. The van der Waals surface area contributed by atoms with E-state index in [9.17, 15) is 4.79 Å². The lowest BCUT2D eigenvalue weighted by molar-refractivity contribution is -0.195. The van der Waals surface area contributed by atoms with E-state index in [2.05, 4.69) is 39.5 Å². The third-order valence-corrected chi connectivity index (χ3v) is 11.5. The van der Waals surface area contributed by atoms with Gasteiger partial charge in [-0.15, -0.1) is 0 Å². The van der Waals surface area contributed by atoms with Crippen molar-refractivity contribution in [3.05, 3.63) is 36.0 Å². The summed E-state index contributed by atoms with van der Waals surface area (Å²) in [4.78, 5) is 11.8. The number of rotatable bonds is 9. The number of hydrogen-bond acceptors (Lipinski definition) is 4. The summed E-state index contributed by atoms with van der Waals surface area (Å²) in [6, 6.07) is 0. The Labute approximate surface area is 231 Å². The Balaban J connectivity index is 1.20. The van der Waals surface area contributed by atoms with E-state index in [0.29, 0.717) is 35.9 Å². The van der Waals surface area contributed by atoms with Crippen LogP contribution in [0, 0.1) is 34.5 Å². The topological polar surface area (TPSA) is 44.8 Å². The molecule has 38 heavy (non-hydrogen) atoms. The average molecular weight is 525 g/mol. The second-order valence-corrected chi connectivity index (χ2v) is 13.5. The molecule has 0 bridgehead atoms. The van der Waals surface area contributed by atoms with Gasteiger partial charge in [0.2, 0.25) is 0 Å². The number of hydrogen-bond donors (Lipinski definition) is 0. The molecule has 8 atom stereocenters. The summed E-state index contributed by atoms with van der Waals surface area (Å²) < 4.78 is 17.5. The predicted octanol–water partition coefficient (Wildman–Crippen LogP) is 8.32. The van der Waals surface area contributed by atoms with Crippen molar-refractivity contribution in [1.82, 2.24) is 0 Å². The molecule has 5 rings (SSSR count). The molecule has 0 aromatic carbocycles. The van der Waals surface area contributed by atoms with Gasteiger partial charge in [0.25, 0.3) is 0 Å². The van der Waals surface area contributed by atoms with E-state index >= 15 is 0 Å². The van der Waals surface area contributed by atoms with Crippen molar-refractivity contribution in [2.24, 2.45) is 34.5 Å². The molecular weight excluding hydrogens is 472 g/mol. The summed E-state index contributed by atoms with van der Waals surface area (Å²) in [6.07, 6.45) is 23.2. The van der Waals surface area contributed by atoms with Gasteiger partial charge in [0, 0.05) is 13.0 Å². The molecule has 4 heteroatoms. The van der Waals surface area contributed by atoms with Gasteiger partial charge in [-0.3, -0.25) is 4.79 Å². The Morgan fingerprint density at radius 1 is 1.13 bits per heavy atom. The molecule has 3 saturated carbocycles. The summed E-state index contributed by atoms with van der Waals surface area (Å²) in [7, 11) is 0. The third-order valence-electron chi connectivity index (χ3n) is 11.5. The quantitative estimate of drug-likeness (QED) is 0.173. The number of fused-ring (bicyclic) bond motifs is 5. The summed E-state index contributed by atoms with van der Waals surface area (Å²) in [5, 5.41) is 0. The van der Waals surface area contributed by atoms with Gasteiger partial charge in [-0.05, 0) is 125 Å². The molecule has 4 aliphatic carbocycles. The highest BCUT2D eigenvalue weighted by Crippen LogP contribution is 2.67. The fourth-order valence-corrected chi connectivity index (χ4v) is 9.47. The zero-order valence-corrected chi connectivity index (χ0v) is 24.3. The van der Waals surface area contributed by atoms with Crippen LogP contribution in [0.1, 0.15) is 111 Å². The first-order chi connectivity index (χ1) is 18.3. The van der Waals surface area contributed by atoms with Crippen molar-refractivity contribution >= 4 is 5.97 Å². The Hall–Kier alpha value is -1.39. The van der Waals surface area contributed by atoms with Gasteiger partial charge in [-0.25, -0.2) is 0 Å². The fraction of sp³-hybridized carbons (Fsp3) is 0.794. The third kappa shape index (κ3) is 5.59. The minimum absolute atomic E-state index is 0.0308. The van der Waals surface area contributed by atoms with E-state index < -0.39 is 0 Å². The van der Waals surface area contributed by atoms with Crippen LogP contribution in [0.15, 0.2) is 36.0 Å². The monoisotopic (exact) mass is 524 g/mol. The minimum atomic E-state index is -0.108. The van der Waals surface area contributed by atoms with Gasteiger partial charge < -0.3 is 14.2 Å². The molecule has 0 aromatic heterocycles. The lowest BCUT2D eigenvalue weighted by atomic mass is 9.47. The van der Waals surface area contributed by atoms with Crippen molar-refractivity contribution in [1.29, 1.82) is 0 Å². The van der Waals surface area contributed by atoms with Crippen LogP contribution in [0.3, 0.4) is 0 Å². The van der Waals surface area contributed by atoms with Gasteiger partial charge >= 0.3 is 5.97 Å². The van der Waals surface area contributed by atoms with Gasteiger partial charge in [-0.2, -0.15) is 0 Å². The summed E-state index contributed by atoms with van der Waals surface area (Å²) in [6.45, 7) is 12.4. The van der Waals surface area contributed by atoms with Gasteiger partial charge in [0.05, 0.1) is 6.10 Å². The first-order valence-corrected chi connectivity index (χ1v) is 15.7. The first kappa shape index (κ1) is 28.1. The van der Waals surface area contributed by atoms with Crippen LogP contribution in [0.4, 0.5) is 0 Å². The largest absolute Gasteiger partial charge is 0.461 e. The van der Waals surface area contributed by atoms with E-state index in [1.807, 2.05) is 0 Å². The Morgan fingerprint density at radius 3 is 2.79 bits per heavy atom. The number of carbonyl (C=O) groups excluding carboxylic acids is 1. The normalized spacial score (nSPS) is 40.9. The van der Waals surface area contributed by atoms with Crippen molar-refractivity contribution in [2.75, 3.05) is 13.2 Å². The highest BCUT2D eigenvalue weighted by atomic mass is 16.7. The van der Waals surface area contributed by atoms with Crippen LogP contribution in [0.25, 0.3) is 0 Å². The molecule has 212 valence electrons. The average Bonchev–Trinajstić information content (AvgIpc) is 3.28. The van der Waals surface area contributed by atoms with Crippen LogP contribution in [0.5, 0.6) is 0 Å². The molecule has 1 heterocycles. The molecule has 0 amide bonds. The van der Waals surface area contributed by atoms with Gasteiger partial charge in [0.15, 0.2) is 6.29 Å². The lowest BCUT2D eigenvalue weighted by Gasteiger charge is -2.58. The van der Waals surface area contributed by atoms with E-state index in [1.54, 1.807) is 17.2 Å². The second kappa shape index (κ2) is 12.0. The van der Waals surface area contributed by atoms with E-state index in [0.717, 1.165) is 50.0 Å². The SMILES string of the molecule is C=CCOC(=O)CCC/C=C(\C)[C@H]1CCC2C3CC=C4C[C@@H](OC5CCCCO5)CC[C@]4(C)C3CC[C@@]21C. The van der Waals surface area contributed by atoms with Crippen LogP contribution in [-0.2, 0) is 19.0 Å². The van der Waals surface area contributed by atoms with Crippen molar-refractivity contribution in [3.63, 3.8) is 0 Å². The van der Waals surface area contributed by atoms with Crippen LogP contribution in [-0.4, -0.2) is 31.6 Å². The molecule has 4 nitrogen and oxygen atoms in total. The van der Waals surface area contributed by atoms with Crippen molar-refractivity contribution in [2.45, 2.75) is 123 Å². The Morgan fingerprint density at radius 2 is 2.00 bits per heavy atom. The number of unbranched alkanes of at least 4 members (excludes halogenated alkanes) is 1.